The zero-order chi connectivity index (χ0) is 19.3. The van der Waals surface area contributed by atoms with Crippen LogP contribution in [0.25, 0.3) is 26.6 Å². The number of aromatic nitrogens is 3. The van der Waals surface area contributed by atoms with E-state index in [9.17, 15) is 4.79 Å². The maximum absolute atomic E-state index is 13.4. The molecule has 1 atom stereocenters. The molecule has 4 aromatic rings. The van der Waals surface area contributed by atoms with E-state index in [0.717, 1.165) is 40.3 Å². The topological polar surface area (TPSA) is 68.5 Å². The van der Waals surface area contributed by atoms with E-state index in [2.05, 4.69) is 17.3 Å². The van der Waals surface area contributed by atoms with Gasteiger partial charge in [0.2, 0.25) is 0 Å². The molecular weight excluding hydrogens is 372 g/mol. The number of benzene rings is 1. The van der Waals surface area contributed by atoms with Gasteiger partial charge >= 0.3 is 0 Å². The van der Waals surface area contributed by atoms with Gasteiger partial charge in [0.15, 0.2) is 11.5 Å². The van der Waals surface area contributed by atoms with Crippen molar-refractivity contribution in [2.75, 3.05) is 25.6 Å². The Bertz CT molecular complexity index is 1260. The third-order valence-electron chi connectivity index (χ3n) is 5.53. The summed E-state index contributed by atoms with van der Waals surface area (Å²) < 4.78 is 6.61. The number of nitrogens with one attached hydrogen (secondary N) is 1. The van der Waals surface area contributed by atoms with Gasteiger partial charge in [0.05, 0.1) is 12.0 Å². The van der Waals surface area contributed by atoms with Crippen LogP contribution >= 0.6 is 11.3 Å². The van der Waals surface area contributed by atoms with Crippen molar-refractivity contribution in [3.8, 4) is 0 Å². The van der Waals surface area contributed by atoms with Crippen molar-refractivity contribution in [1.29, 1.82) is 0 Å². The van der Waals surface area contributed by atoms with Gasteiger partial charge in [-0.15, -0.1) is 16.4 Å². The van der Waals surface area contributed by atoms with Crippen LogP contribution in [0.3, 0.4) is 0 Å². The molecular formula is C21H22N4O2S. The van der Waals surface area contributed by atoms with Crippen molar-refractivity contribution in [3.63, 3.8) is 0 Å². The Morgan fingerprint density at radius 2 is 2.14 bits per heavy atom. The van der Waals surface area contributed by atoms with Crippen LogP contribution in [0, 0.1) is 5.92 Å². The molecule has 5 rings (SSSR count). The van der Waals surface area contributed by atoms with Crippen LogP contribution in [0.1, 0.15) is 23.8 Å². The lowest BCUT2D eigenvalue weighted by molar-refractivity contribution is 0.210. The number of rotatable bonds is 4. The first-order chi connectivity index (χ1) is 13.7. The molecule has 0 bridgehead atoms. The number of hydrogen-bond donors (Lipinski definition) is 1. The highest BCUT2D eigenvalue weighted by Crippen LogP contribution is 2.36. The highest BCUT2D eigenvalue weighted by molar-refractivity contribution is 7.18. The second-order valence-corrected chi connectivity index (χ2v) is 8.58. The zero-order valence-electron chi connectivity index (χ0n) is 16.0. The molecule has 0 aliphatic heterocycles. The van der Waals surface area contributed by atoms with Gasteiger partial charge in [-0.2, -0.15) is 4.52 Å². The molecule has 1 unspecified atom stereocenters. The van der Waals surface area contributed by atoms with Gasteiger partial charge in [0.1, 0.15) is 4.83 Å². The Morgan fingerprint density at radius 1 is 1.32 bits per heavy atom. The number of nitrogens with zero attached hydrogens (tertiary/aromatic N) is 3. The summed E-state index contributed by atoms with van der Waals surface area (Å²) in [6.45, 7) is 3.46. The van der Waals surface area contributed by atoms with Crippen molar-refractivity contribution in [2.24, 2.45) is 5.92 Å². The molecule has 3 heterocycles. The summed E-state index contributed by atoms with van der Waals surface area (Å²) in [7, 11) is 1.67. The maximum atomic E-state index is 13.4. The average Bonchev–Trinajstić information content (AvgIpc) is 3.06. The van der Waals surface area contributed by atoms with E-state index in [0.29, 0.717) is 30.5 Å². The summed E-state index contributed by atoms with van der Waals surface area (Å²) in [6, 6.07) is 7.96. The Morgan fingerprint density at radius 3 is 2.96 bits per heavy atom. The Hall–Kier alpha value is -2.51. The van der Waals surface area contributed by atoms with Crippen LogP contribution in [0.5, 0.6) is 0 Å². The molecule has 0 radical (unpaired) electrons. The van der Waals surface area contributed by atoms with Crippen LogP contribution in [-0.2, 0) is 17.6 Å². The quantitative estimate of drug-likeness (QED) is 0.423. The average molecular weight is 395 g/mol. The van der Waals surface area contributed by atoms with Crippen LogP contribution < -0.4 is 10.9 Å². The molecule has 1 aromatic carbocycles. The lowest BCUT2D eigenvalue weighted by Crippen LogP contribution is -2.21. The van der Waals surface area contributed by atoms with E-state index in [1.807, 2.05) is 24.3 Å². The van der Waals surface area contributed by atoms with Gasteiger partial charge in [-0.1, -0.05) is 31.2 Å². The largest absolute Gasteiger partial charge is 0.383 e. The minimum atomic E-state index is -0.0624. The number of thiophene rings is 1. The highest BCUT2D eigenvalue weighted by atomic mass is 32.1. The van der Waals surface area contributed by atoms with Gasteiger partial charge in [0, 0.05) is 29.3 Å². The molecule has 7 heteroatoms. The summed E-state index contributed by atoms with van der Waals surface area (Å²) >= 11 is 1.68. The van der Waals surface area contributed by atoms with Crippen LogP contribution in [0.2, 0.25) is 0 Å². The number of fused-ring (bicyclic) bond motifs is 6. The minimum absolute atomic E-state index is 0.0624. The van der Waals surface area contributed by atoms with E-state index in [1.165, 1.54) is 15.0 Å². The van der Waals surface area contributed by atoms with E-state index in [4.69, 9.17) is 9.72 Å². The van der Waals surface area contributed by atoms with E-state index in [-0.39, 0.29) is 5.56 Å². The van der Waals surface area contributed by atoms with E-state index >= 15 is 0 Å². The minimum Gasteiger partial charge on any atom is -0.383 e. The lowest BCUT2D eigenvalue weighted by Gasteiger charge is -2.17. The van der Waals surface area contributed by atoms with Crippen molar-refractivity contribution in [3.05, 3.63) is 45.1 Å². The van der Waals surface area contributed by atoms with Gasteiger partial charge < -0.3 is 10.1 Å². The van der Waals surface area contributed by atoms with Gasteiger partial charge in [-0.05, 0) is 30.7 Å². The fraction of sp³-hybridized carbons (Fsp3) is 0.381. The molecule has 0 saturated heterocycles. The number of ether oxygens (including phenoxy) is 1. The Labute approximate surface area is 166 Å². The summed E-state index contributed by atoms with van der Waals surface area (Å²) in [5.74, 6) is 1.34. The molecule has 0 amide bonds. The smallest absolute Gasteiger partial charge is 0.283 e. The number of anilines is 1. The number of methoxy groups -OCH3 is 1. The molecule has 0 fully saturated rings. The van der Waals surface area contributed by atoms with Crippen molar-refractivity contribution < 1.29 is 4.74 Å². The van der Waals surface area contributed by atoms with Crippen LogP contribution in [0.4, 0.5) is 5.82 Å². The lowest BCUT2D eigenvalue weighted by atomic mass is 9.89. The molecule has 28 heavy (non-hydrogen) atoms. The summed E-state index contributed by atoms with van der Waals surface area (Å²) in [6.07, 6.45) is 3.11. The Kier molecular flexibility index (Phi) is 4.29. The fourth-order valence-electron chi connectivity index (χ4n) is 4.09. The first-order valence-electron chi connectivity index (χ1n) is 9.66. The number of aryl methyl sites for hydroxylation is 1. The summed E-state index contributed by atoms with van der Waals surface area (Å²) in [4.78, 5) is 20.5. The third-order valence-corrected chi connectivity index (χ3v) is 6.68. The van der Waals surface area contributed by atoms with E-state index < -0.39 is 0 Å². The predicted molar refractivity (Wildman–Crippen MR) is 114 cm³/mol. The molecule has 6 nitrogen and oxygen atoms in total. The molecule has 0 spiro atoms. The Balaban J connectivity index is 1.81. The molecule has 0 saturated carbocycles. The van der Waals surface area contributed by atoms with Crippen molar-refractivity contribution in [2.45, 2.75) is 26.2 Å². The van der Waals surface area contributed by atoms with Crippen molar-refractivity contribution >= 4 is 43.8 Å². The molecule has 144 valence electrons. The molecule has 1 aliphatic carbocycles. The second-order valence-electron chi connectivity index (χ2n) is 7.50. The second kappa shape index (κ2) is 6.83. The van der Waals surface area contributed by atoms with Gasteiger partial charge in [-0.3, -0.25) is 4.79 Å². The normalized spacial score (nSPS) is 16.7. The predicted octanol–water partition coefficient (Wildman–Crippen LogP) is 3.64. The monoisotopic (exact) mass is 394 g/mol. The fourth-order valence-corrected chi connectivity index (χ4v) is 5.46. The molecule has 3 aromatic heterocycles. The standard InChI is InChI=1S/C21H22N4O2S/c1-12-7-8-15-16(11-12)28-20-17(15)21(26)25-19(23-20)14-6-4-3-5-13(14)18(24-25)22-9-10-27-2/h3-6,12H,7-11H2,1-2H3,(H,22,24). The number of hydrogen-bond acceptors (Lipinski definition) is 6. The first-order valence-corrected chi connectivity index (χ1v) is 10.5. The summed E-state index contributed by atoms with van der Waals surface area (Å²) in [5.41, 5.74) is 1.75. The maximum Gasteiger partial charge on any atom is 0.283 e. The van der Waals surface area contributed by atoms with Gasteiger partial charge in [-0.25, -0.2) is 4.98 Å². The summed E-state index contributed by atoms with van der Waals surface area (Å²) in [5, 5.41) is 10.6. The molecule has 1 N–H and O–H groups in total. The first kappa shape index (κ1) is 17.6. The van der Waals surface area contributed by atoms with Crippen LogP contribution in [-0.4, -0.2) is 34.9 Å². The molecule has 1 aliphatic rings. The van der Waals surface area contributed by atoms with Gasteiger partial charge in [0.25, 0.3) is 5.56 Å². The van der Waals surface area contributed by atoms with Crippen LogP contribution in [0.15, 0.2) is 29.1 Å². The zero-order valence-corrected chi connectivity index (χ0v) is 16.8. The third kappa shape index (κ3) is 2.69. The SMILES string of the molecule is COCCNc1nn2c(=O)c3c4c(sc3nc2c2ccccc12)CC(C)CC4. The highest BCUT2D eigenvalue weighted by Gasteiger charge is 2.24. The van der Waals surface area contributed by atoms with E-state index in [1.54, 1.807) is 18.4 Å². The van der Waals surface area contributed by atoms with Crippen molar-refractivity contribution in [1.82, 2.24) is 14.6 Å².